The first-order valence-corrected chi connectivity index (χ1v) is 4.89. The van der Waals surface area contributed by atoms with Gasteiger partial charge < -0.3 is 0 Å². The second-order valence-electron chi connectivity index (χ2n) is 3.99. The van der Waals surface area contributed by atoms with Crippen LogP contribution in [0.5, 0.6) is 0 Å². The van der Waals surface area contributed by atoms with Crippen molar-refractivity contribution in [2.45, 2.75) is 32.5 Å². The van der Waals surface area contributed by atoms with Gasteiger partial charge in [-0.25, -0.2) is 0 Å². The second-order valence-corrected chi connectivity index (χ2v) is 3.99. The highest BCUT2D eigenvalue weighted by Crippen LogP contribution is 2.21. The topological polar surface area (TPSA) is 0 Å². The van der Waals surface area contributed by atoms with Gasteiger partial charge in [0.05, 0.1) is 0 Å². The van der Waals surface area contributed by atoms with Crippen LogP contribution in [0.2, 0.25) is 6.32 Å². The SMILES string of the molecule is CC(C)c1cccc2c1CCB2. The lowest BCUT2D eigenvalue weighted by atomic mass is 9.72. The summed E-state index contributed by atoms with van der Waals surface area (Å²) in [5.74, 6) is 0.693. The third-order valence-electron chi connectivity index (χ3n) is 2.80. The molecule has 12 heavy (non-hydrogen) atoms. The van der Waals surface area contributed by atoms with Gasteiger partial charge in [0, 0.05) is 0 Å². The molecule has 0 spiro atoms. The molecule has 0 N–H and O–H groups in total. The Balaban J connectivity index is 2.49. The van der Waals surface area contributed by atoms with Gasteiger partial charge in [0.15, 0.2) is 7.28 Å². The van der Waals surface area contributed by atoms with Crippen LogP contribution in [-0.4, -0.2) is 7.28 Å². The first-order valence-electron chi connectivity index (χ1n) is 4.89. The van der Waals surface area contributed by atoms with Crippen LogP contribution in [0.25, 0.3) is 0 Å². The summed E-state index contributed by atoms with van der Waals surface area (Å²) < 4.78 is 0. The summed E-state index contributed by atoms with van der Waals surface area (Å²) in [7, 11) is 1.30. The Labute approximate surface area is 75.2 Å². The summed E-state index contributed by atoms with van der Waals surface area (Å²) in [6.45, 7) is 4.57. The van der Waals surface area contributed by atoms with E-state index in [1.807, 2.05) is 0 Å². The second kappa shape index (κ2) is 2.97. The highest BCUT2D eigenvalue weighted by Gasteiger charge is 2.16. The minimum absolute atomic E-state index is 0.693. The summed E-state index contributed by atoms with van der Waals surface area (Å²) >= 11 is 0. The standard InChI is InChI=1S/C11H15B/c1-8(2)9-4-3-5-11-10(9)6-7-12-11/h3-5,8,12H,6-7H2,1-2H3. The van der Waals surface area contributed by atoms with E-state index < -0.39 is 0 Å². The zero-order valence-electron chi connectivity index (χ0n) is 7.93. The first kappa shape index (κ1) is 7.91. The third-order valence-corrected chi connectivity index (χ3v) is 2.80. The lowest BCUT2D eigenvalue weighted by molar-refractivity contribution is 0.849. The summed E-state index contributed by atoms with van der Waals surface area (Å²) in [5, 5.41) is 0. The Morgan fingerprint density at radius 2 is 2.17 bits per heavy atom. The van der Waals surface area contributed by atoms with E-state index in [1.165, 1.54) is 20.0 Å². The van der Waals surface area contributed by atoms with Gasteiger partial charge in [0.1, 0.15) is 0 Å². The molecule has 0 bridgehead atoms. The molecule has 1 aromatic rings. The van der Waals surface area contributed by atoms with E-state index in [0.29, 0.717) is 5.92 Å². The molecule has 0 atom stereocenters. The van der Waals surface area contributed by atoms with E-state index >= 15 is 0 Å². The quantitative estimate of drug-likeness (QED) is 0.547. The van der Waals surface area contributed by atoms with E-state index in [1.54, 1.807) is 16.6 Å². The molecule has 1 aliphatic heterocycles. The monoisotopic (exact) mass is 158 g/mol. The molecule has 1 aromatic carbocycles. The molecule has 0 saturated heterocycles. The van der Waals surface area contributed by atoms with Crippen LogP contribution < -0.4 is 5.46 Å². The molecule has 0 amide bonds. The average Bonchev–Trinajstić information content (AvgIpc) is 2.49. The minimum Gasteiger partial charge on any atom is -0.0811 e. The first-order chi connectivity index (χ1) is 5.79. The average molecular weight is 158 g/mol. The van der Waals surface area contributed by atoms with Crippen molar-refractivity contribution in [2.75, 3.05) is 0 Å². The molecule has 0 unspecified atom stereocenters. The highest BCUT2D eigenvalue weighted by atomic mass is 14.1. The van der Waals surface area contributed by atoms with Gasteiger partial charge >= 0.3 is 0 Å². The van der Waals surface area contributed by atoms with Crippen LogP contribution in [0.15, 0.2) is 18.2 Å². The Bertz CT molecular complexity index is 289. The maximum absolute atomic E-state index is 2.29. The Morgan fingerprint density at radius 1 is 1.33 bits per heavy atom. The molecule has 0 saturated carbocycles. The highest BCUT2D eigenvalue weighted by molar-refractivity contribution is 6.55. The van der Waals surface area contributed by atoms with Gasteiger partial charge in [0.2, 0.25) is 0 Å². The largest absolute Gasteiger partial charge is 0.158 e. The maximum Gasteiger partial charge on any atom is 0.158 e. The molecule has 1 heteroatoms. The fourth-order valence-corrected chi connectivity index (χ4v) is 2.19. The molecule has 62 valence electrons. The fraction of sp³-hybridized carbons (Fsp3) is 0.455. The lowest BCUT2D eigenvalue weighted by Gasteiger charge is -2.11. The zero-order chi connectivity index (χ0) is 8.55. The molecular weight excluding hydrogens is 143 g/mol. The van der Waals surface area contributed by atoms with E-state index in [4.69, 9.17) is 0 Å². The van der Waals surface area contributed by atoms with Crippen LogP contribution in [0.1, 0.15) is 30.9 Å². The van der Waals surface area contributed by atoms with Crippen molar-refractivity contribution in [3.63, 3.8) is 0 Å². The zero-order valence-corrected chi connectivity index (χ0v) is 7.93. The van der Waals surface area contributed by atoms with Gasteiger partial charge in [-0.2, -0.15) is 0 Å². The van der Waals surface area contributed by atoms with Gasteiger partial charge in [-0.05, 0) is 17.9 Å². The number of hydrogen-bond donors (Lipinski definition) is 0. The lowest BCUT2D eigenvalue weighted by Crippen LogP contribution is -2.12. The van der Waals surface area contributed by atoms with Crippen LogP contribution in [0, 0.1) is 0 Å². The molecule has 0 nitrogen and oxygen atoms in total. The van der Waals surface area contributed by atoms with Gasteiger partial charge in [-0.15, -0.1) is 0 Å². The molecule has 0 fully saturated rings. The number of rotatable bonds is 1. The Kier molecular flexibility index (Phi) is 1.96. The third kappa shape index (κ3) is 1.18. The maximum atomic E-state index is 2.29. The minimum atomic E-state index is 0.693. The molecule has 2 rings (SSSR count). The normalized spacial score (nSPS) is 14.6. The summed E-state index contributed by atoms with van der Waals surface area (Å²) in [6, 6.07) is 6.78. The predicted octanol–water partition coefficient (Wildman–Crippen LogP) is 1.85. The van der Waals surface area contributed by atoms with Gasteiger partial charge in [-0.1, -0.05) is 49.4 Å². The molecule has 0 aliphatic carbocycles. The van der Waals surface area contributed by atoms with E-state index in [-0.39, 0.29) is 0 Å². The van der Waals surface area contributed by atoms with Crippen molar-refractivity contribution in [3.8, 4) is 0 Å². The van der Waals surface area contributed by atoms with Crippen molar-refractivity contribution in [1.29, 1.82) is 0 Å². The molecule has 1 aliphatic rings. The molecule has 0 radical (unpaired) electrons. The smallest absolute Gasteiger partial charge is 0.0811 e. The van der Waals surface area contributed by atoms with Crippen LogP contribution in [0.3, 0.4) is 0 Å². The summed E-state index contributed by atoms with van der Waals surface area (Å²) in [4.78, 5) is 0. The van der Waals surface area contributed by atoms with E-state index in [2.05, 4.69) is 32.0 Å². The molecule has 1 heterocycles. The van der Waals surface area contributed by atoms with E-state index in [9.17, 15) is 0 Å². The van der Waals surface area contributed by atoms with E-state index in [0.717, 1.165) is 0 Å². The number of hydrogen-bond acceptors (Lipinski definition) is 0. The van der Waals surface area contributed by atoms with Crippen molar-refractivity contribution in [2.24, 2.45) is 0 Å². The van der Waals surface area contributed by atoms with Crippen molar-refractivity contribution < 1.29 is 0 Å². The molecular formula is C11H15B. The van der Waals surface area contributed by atoms with Gasteiger partial charge in [0.25, 0.3) is 0 Å². The number of fused-ring (bicyclic) bond motifs is 1. The van der Waals surface area contributed by atoms with Crippen LogP contribution in [0.4, 0.5) is 0 Å². The Morgan fingerprint density at radius 3 is 2.92 bits per heavy atom. The Hall–Kier alpha value is -0.715. The summed E-state index contributed by atoms with van der Waals surface area (Å²) in [6.07, 6.45) is 2.67. The van der Waals surface area contributed by atoms with Crippen molar-refractivity contribution in [3.05, 3.63) is 29.3 Å². The van der Waals surface area contributed by atoms with Crippen LogP contribution in [-0.2, 0) is 6.42 Å². The van der Waals surface area contributed by atoms with Gasteiger partial charge in [-0.3, -0.25) is 0 Å². The predicted molar refractivity (Wildman–Crippen MR) is 55.8 cm³/mol. The molecule has 0 aromatic heterocycles. The van der Waals surface area contributed by atoms with Crippen molar-refractivity contribution >= 4 is 12.7 Å². The summed E-state index contributed by atoms with van der Waals surface area (Å²) in [5.41, 5.74) is 4.82. The fourth-order valence-electron chi connectivity index (χ4n) is 2.19. The van der Waals surface area contributed by atoms with Crippen LogP contribution >= 0.6 is 0 Å². The number of benzene rings is 1. The van der Waals surface area contributed by atoms with Crippen molar-refractivity contribution in [1.82, 2.24) is 0 Å².